The number of hydrogen-bond donors (Lipinski definition) is 3. The number of aliphatic hydroxyl groups is 3. The highest BCUT2D eigenvalue weighted by atomic mass is 16.8. The van der Waals surface area contributed by atoms with Crippen LogP contribution in [0.25, 0.3) is 0 Å². The van der Waals surface area contributed by atoms with E-state index in [0.29, 0.717) is 18.6 Å². The monoisotopic (exact) mass is 442 g/mol. The van der Waals surface area contributed by atoms with Gasteiger partial charge in [0, 0.05) is 11.5 Å². The van der Waals surface area contributed by atoms with Crippen molar-refractivity contribution in [2.24, 2.45) is 5.92 Å². The summed E-state index contributed by atoms with van der Waals surface area (Å²) in [6.07, 6.45) is -1.71. The Morgan fingerprint density at radius 1 is 1.03 bits per heavy atom. The molecule has 2 fully saturated rings. The predicted molar refractivity (Wildman–Crippen MR) is 121 cm³/mol. The first-order valence-electron chi connectivity index (χ1n) is 11.3. The minimum Gasteiger partial charge on any atom is -0.494 e. The van der Waals surface area contributed by atoms with E-state index >= 15 is 0 Å². The van der Waals surface area contributed by atoms with Crippen molar-refractivity contribution in [3.05, 3.63) is 64.7 Å². The van der Waals surface area contributed by atoms with E-state index in [1.165, 1.54) is 0 Å². The van der Waals surface area contributed by atoms with Crippen molar-refractivity contribution < 1.29 is 29.5 Å². The summed E-state index contributed by atoms with van der Waals surface area (Å²) in [7, 11) is 0. The molecule has 0 amide bonds. The lowest BCUT2D eigenvalue weighted by atomic mass is 9.71. The van der Waals surface area contributed by atoms with Gasteiger partial charge in [0.2, 0.25) is 5.79 Å². The zero-order valence-corrected chi connectivity index (χ0v) is 19.5. The number of hydrogen-bond acceptors (Lipinski definition) is 6. The summed E-state index contributed by atoms with van der Waals surface area (Å²) in [5.74, 6) is -1.23. The van der Waals surface area contributed by atoms with E-state index in [-0.39, 0.29) is 6.61 Å². The Morgan fingerprint density at radius 3 is 2.34 bits per heavy atom. The molecule has 2 bridgehead atoms. The van der Waals surface area contributed by atoms with E-state index < -0.39 is 35.1 Å². The van der Waals surface area contributed by atoms with Gasteiger partial charge in [0.25, 0.3) is 0 Å². The molecule has 2 heterocycles. The van der Waals surface area contributed by atoms with E-state index in [1.807, 2.05) is 70.2 Å². The Hall–Kier alpha value is -1.96. The molecule has 0 radical (unpaired) electrons. The van der Waals surface area contributed by atoms with Crippen molar-refractivity contribution >= 4 is 0 Å². The molecular weight excluding hydrogens is 408 g/mol. The quantitative estimate of drug-likeness (QED) is 0.637. The number of ether oxygens (including phenoxy) is 3. The van der Waals surface area contributed by atoms with Crippen LogP contribution in [0.5, 0.6) is 5.75 Å². The highest BCUT2D eigenvalue weighted by Gasteiger charge is 2.73. The maximum atomic E-state index is 11.1. The molecule has 0 spiro atoms. The van der Waals surface area contributed by atoms with Crippen LogP contribution in [-0.2, 0) is 21.7 Å². The molecule has 2 aromatic carbocycles. The number of fused-ring (bicyclic) bond motifs is 2. The van der Waals surface area contributed by atoms with Gasteiger partial charge in [-0.05, 0) is 69.0 Å². The molecule has 2 saturated heterocycles. The molecule has 6 heteroatoms. The van der Waals surface area contributed by atoms with Gasteiger partial charge in [-0.2, -0.15) is 0 Å². The van der Waals surface area contributed by atoms with Crippen LogP contribution in [0.2, 0.25) is 0 Å². The summed E-state index contributed by atoms with van der Waals surface area (Å²) in [4.78, 5) is 0. The van der Waals surface area contributed by atoms with E-state index in [1.54, 1.807) is 6.92 Å². The second-order valence-corrected chi connectivity index (χ2v) is 9.55. The molecule has 32 heavy (non-hydrogen) atoms. The molecular formula is C26H34O6. The molecule has 0 aromatic heterocycles. The van der Waals surface area contributed by atoms with E-state index in [0.717, 1.165) is 22.4 Å². The third kappa shape index (κ3) is 3.37. The standard InChI is InChI=1S/C26H34O6/c1-6-30-21-11-8-18(9-12-21)13-19-14-20(10-7-16(19)2)26-23(29)22(28)17(3)25(15-27,32-26)24(4,5)31-26/h7-12,14,17,22-23,27-29H,6,13,15H2,1-5H3/t17-,22-,23+,25+,26-/m0/s1. The molecule has 0 aliphatic carbocycles. The van der Waals surface area contributed by atoms with Crippen molar-refractivity contribution in [1.82, 2.24) is 0 Å². The Bertz CT molecular complexity index is 971. The largest absolute Gasteiger partial charge is 0.494 e. The number of rotatable bonds is 6. The van der Waals surface area contributed by atoms with Gasteiger partial charge in [0.15, 0.2) is 0 Å². The number of aryl methyl sites for hydroxylation is 1. The van der Waals surface area contributed by atoms with Crippen LogP contribution in [0.15, 0.2) is 42.5 Å². The fourth-order valence-electron chi connectivity index (χ4n) is 5.24. The van der Waals surface area contributed by atoms with Crippen LogP contribution in [0, 0.1) is 12.8 Å². The lowest BCUT2D eigenvalue weighted by Crippen LogP contribution is -2.64. The summed E-state index contributed by atoms with van der Waals surface area (Å²) >= 11 is 0. The normalized spacial score (nSPS) is 33.3. The third-order valence-corrected chi connectivity index (χ3v) is 7.34. The molecule has 5 atom stereocenters. The maximum Gasteiger partial charge on any atom is 0.225 e. The van der Waals surface area contributed by atoms with Crippen LogP contribution in [0.4, 0.5) is 0 Å². The van der Waals surface area contributed by atoms with Crippen molar-refractivity contribution in [2.45, 2.75) is 70.2 Å². The molecule has 2 aliphatic rings. The van der Waals surface area contributed by atoms with Crippen molar-refractivity contribution in [3.8, 4) is 5.75 Å². The van der Waals surface area contributed by atoms with Gasteiger partial charge in [-0.15, -0.1) is 0 Å². The Balaban J connectivity index is 1.72. The van der Waals surface area contributed by atoms with Crippen LogP contribution in [-0.4, -0.2) is 51.9 Å². The summed E-state index contributed by atoms with van der Waals surface area (Å²) in [6, 6.07) is 13.8. The SMILES string of the molecule is CCOc1ccc(Cc2cc([C@]34OC(C)(C)[C@](CO)(O3)[C@@H](C)[C@H](O)[C@H]4O)ccc2C)cc1. The molecule has 0 saturated carbocycles. The van der Waals surface area contributed by atoms with Crippen LogP contribution in [0.3, 0.4) is 0 Å². The summed E-state index contributed by atoms with van der Waals surface area (Å²) in [6.45, 7) is 9.75. The number of aliphatic hydroxyl groups excluding tert-OH is 3. The Kier molecular flexibility index (Phi) is 5.89. The van der Waals surface area contributed by atoms with Gasteiger partial charge in [-0.1, -0.05) is 31.2 Å². The molecule has 2 aromatic rings. The molecule has 0 unspecified atom stereocenters. The smallest absolute Gasteiger partial charge is 0.225 e. The van der Waals surface area contributed by atoms with Crippen LogP contribution < -0.4 is 4.74 Å². The van der Waals surface area contributed by atoms with E-state index in [2.05, 4.69) is 0 Å². The molecule has 2 aliphatic heterocycles. The predicted octanol–water partition coefficient (Wildman–Crippen LogP) is 3.07. The van der Waals surface area contributed by atoms with Gasteiger partial charge >= 0.3 is 0 Å². The highest BCUT2D eigenvalue weighted by Crippen LogP contribution is 2.59. The van der Waals surface area contributed by atoms with Crippen molar-refractivity contribution in [3.63, 3.8) is 0 Å². The summed E-state index contributed by atoms with van der Waals surface area (Å²) in [5, 5.41) is 32.3. The van der Waals surface area contributed by atoms with Gasteiger partial charge < -0.3 is 29.5 Å². The lowest BCUT2D eigenvalue weighted by molar-refractivity contribution is -0.318. The average Bonchev–Trinajstić information content (AvgIpc) is 3.01. The zero-order valence-electron chi connectivity index (χ0n) is 19.5. The zero-order chi connectivity index (χ0) is 23.3. The Labute approximate surface area is 189 Å². The summed E-state index contributed by atoms with van der Waals surface area (Å²) in [5.41, 5.74) is 1.87. The van der Waals surface area contributed by atoms with E-state index in [4.69, 9.17) is 14.2 Å². The van der Waals surface area contributed by atoms with Gasteiger partial charge in [-0.25, -0.2) is 0 Å². The van der Waals surface area contributed by atoms with Crippen molar-refractivity contribution in [1.29, 1.82) is 0 Å². The second kappa shape index (κ2) is 8.12. The Morgan fingerprint density at radius 2 is 1.72 bits per heavy atom. The van der Waals surface area contributed by atoms with Crippen LogP contribution >= 0.6 is 0 Å². The second-order valence-electron chi connectivity index (χ2n) is 9.55. The maximum absolute atomic E-state index is 11.1. The minimum atomic E-state index is -1.56. The fraction of sp³-hybridized carbons (Fsp3) is 0.538. The first kappa shape index (κ1) is 23.2. The molecule has 4 rings (SSSR count). The minimum absolute atomic E-state index is 0.322. The lowest BCUT2D eigenvalue weighted by Gasteiger charge is -2.48. The first-order chi connectivity index (χ1) is 15.1. The average molecular weight is 443 g/mol. The third-order valence-electron chi connectivity index (χ3n) is 7.34. The molecule has 6 nitrogen and oxygen atoms in total. The molecule has 3 N–H and O–H groups in total. The highest BCUT2D eigenvalue weighted by molar-refractivity contribution is 5.40. The topological polar surface area (TPSA) is 88.4 Å². The van der Waals surface area contributed by atoms with Gasteiger partial charge in [-0.3, -0.25) is 0 Å². The first-order valence-corrected chi connectivity index (χ1v) is 11.3. The van der Waals surface area contributed by atoms with Gasteiger partial charge in [0.05, 0.1) is 24.9 Å². The van der Waals surface area contributed by atoms with Crippen LogP contribution in [0.1, 0.15) is 49.9 Å². The fourth-order valence-corrected chi connectivity index (χ4v) is 5.24. The van der Waals surface area contributed by atoms with Crippen molar-refractivity contribution in [2.75, 3.05) is 13.2 Å². The van der Waals surface area contributed by atoms with Gasteiger partial charge in [0.1, 0.15) is 17.5 Å². The van der Waals surface area contributed by atoms with E-state index in [9.17, 15) is 15.3 Å². The number of benzene rings is 2. The molecule has 174 valence electrons. The summed E-state index contributed by atoms with van der Waals surface area (Å²) < 4.78 is 18.3.